The van der Waals surface area contributed by atoms with Crippen LogP contribution >= 0.6 is 0 Å². The Morgan fingerprint density at radius 2 is 1.40 bits per heavy atom. The summed E-state index contributed by atoms with van der Waals surface area (Å²) in [6.07, 6.45) is 8.87. The predicted molar refractivity (Wildman–Crippen MR) is 179 cm³/mol. The van der Waals surface area contributed by atoms with Crippen molar-refractivity contribution in [1.29, 1.82) is 0 Å². The van der Waals surface area contributed by atoms with Crippen molar-refractivity contribution >= 4 is 32.8 Å². The van der Waals surface area contributed by atoms with Crippen LogP contribution < -0.4 is 0 Å². The van der Waals surface area contributed by atoms with Crippen LogP contribution in [-0.4, -0.2) is 19.1 Å². The van der Waals surface area contributed by atoms with Crippen molar-refractivity contribution in [2.75, 3.05) is 0 Å². The molecule has 0 fully saturated rings. The lowest BCUT2D eigenvalue weighted by Crippen LogP contribution is -1.98. The molecule has 45 heavy (non-hydrogen) atoms. The summed E-state index contributed by atoms with van der Waals surface area (Å²) >= 11 is 0. The number of pyridine rings is 1. The fourth-order valence-electron chi connectivity index (χ4n) is 6.52. The molecule has 6 heteroatoms. The van der Waals surface area contributed by atoms with Gasteiger partial charge in [-0.3, -0.25) is 4.98 Å². The van der Waals surface area contributed by atoms with E-state index in [-0.39, 0.29) is 0 Å². The van der Waals surface area contributed by atoms with E-state index < -0.39 is 0 Å². The minimum absolute atomic E-state index is 0.896. The summed E-state index contributed by atoms with van der Waals surface area (Å²) in [6.45, 7) is 0. The highest BCUT2D eigenvalue weighted by atomic mass is 16.3. The first-order chi connectivity index (χ1) is 22.2. The first-order valence-corrected chi connectivity index (χ1v) is 14.8. The van der Waals surface area contributed by atoms with E-state index in [2.05, 4.69) is 94.0 Å². The number of hydrogen-bond acceptors (Lipinski definition) is 4. The second-order valence-electron chi connectivity index (χ2n) is 11.3. The SMILES string of the molecule is Cn1c(-c2cc3c(cc2-c2ccoc2)c2cc(-c4ccoc4)ccc2n3-c2cccc(-c3ccccn3)c2)nc2ccccc21. The van der Waals surface area contributed by atoms with E-state index in [1.54, 1.807) is 25.1 Å². The Bertz CT molecular complexity index is 2480. The minimum atomic E-state index is 0.896. The van der Waals surface area contributed by atoms with Gasteiger partial charge in [0.25, 0.3) is 0 Å². The van der Waals surface area contributed by atoms with Gasteiger partial charge in [0.05, 0.1) is 52.8 Å². The van der Waals surface area contributed by atoms with Crippen LogP contribution in [0, 0.1) is 0 Å². The van der Waals surface area contributed by atoms with Crippen molar-refractivity contribution in [3.63, 3.8) is 0 Å². The quantitative estimate of drug-likeness (QED) is 0.203. The van der Waals surface area contributed by atoms with Crippen molar-refractivity contribution in [2.24, 2.45) is 7.05 Å². The van der Waals surface area contributed by atoms with Gasteiger partial charge in [-0.1, -0.05) is 36.4 Å². The third-order valence-corrected chi connectivity index (χ3v) is 8.68. The molecular weight excluding hydrogens is 556 g/mol. The minimum Gasteiger partial charge on any atom is -0.472 e. The highest BCUT2D eigenvalue weighted by Crippen LogP contribution is 2.42. The largest absolute Gasteiger partial charge is 0.472 e. The maximum absolute atomic E-state index is 5.60. The average molecular weight is 583 g/mol. The third-order valence-electron chi connectivity index (χ3n) is 8.68. The summed E-state index contributed by atoms with van der Waals surface area (Å²) in [5.74, 6) is 0.896. The van der Waals surface area contributed by atoms with E-state index in [0.29, 0.717) is 0 Å². The zero-order chi connectivity index (χ0) is 29.9. The zero-order valence-corrected chi connectivity index (χ0v) is 24.4. The molecular formula is C39H26N4O2. The van der Waals surface area contributed by atoms with Gasteiger partial charge in [0.1, 0.15) is 5.82 Å². The van der Waals surface area contributed by atoms with E-state index in [1.807, 2.05) is 42.6 Å². The van der Waals surface area contributed by atoms with Crippen LogP contribution in [0.5, 0.6) is 0 Å². The molecule has 0 saturated heterocycles. The topological polar surface area (TPSA) is 61.9 Å². The summed E-state index contributed by atoms with van der Waals surface area (Å²) in [5, 5.41) is 2.28. The molecule has 4 aromatic carbocycles. The first kappa shape index (κ1) is 25.4. The number of para-hydroxylation sites is 2. The Morgan fingerprint density at radius 3 is 2.20 bits per heavy atom. The molecule has 0 aliphatic rings. The van der Waals surface area contributed by atoms with Crippen LogP contribution in [0.3, 0.4) is 0 Å². The molecule has 6 nitrogen and oxygen atoms in total. The fraction of sp³-hybridized carbons (Fsp3) is 0.0256. The van der Waals surface area contributed by atoms with Crippen LogP contribution in [0.4, 0.5) is 0 Å². The van der Waals surface area contributed by atoms with Gasteiger partial charge >= 0.3 is 0 Å². The van der Waals surface area contributed by atoms with E-state index >= 15 is 0 Å². The predicted octanol–water partition coefficient (Wildman–Crippen LogP) is 9.92. The molecule has 0 amide bonds. The van der Waals surface area contributed by atoms with Crippen molar-refractivity contribution in [2.45, 2.75) is 0 Å². The number of aromatic nitrogens is 4. The molecule has 9 rings (SSSR count). The number of furan rings is 2. The van der Waals surface area contributed by atoms with Crippen molar-refractivity contribution in [3.05, 3.63) is 140 Å². The second kappa shape index (κ2) is 9.96. The van der Waals surface area contributed by atoms with Crippen LogP contribution in [0.25, 0.3) is 83.4 Å². The standard InChI is InChI=1S/C39H26N4O2/c1-42-37-11-3-2-10-35(37)41-39(42)33-22-38-32(21-30(33)28-15-18-45-24-28)31-20-25(27-14-17-44-23-27)12-13-36(31)43(38)29-8-6-7-26(19-29)34-9-4-5-16-40-34/h2-24H,1H3. The molecule has 0 unspecified atom stereocenters. The molecule has 0 saturated carbocycles. The molecule has 0 aliphatic heterocycles. The number of nitrogens with zero attached hydrogens (tertiary/aromatic N) is 4. The Labute approximate surface area is 258 Å². The summed E-state index contributed by atoms with van der Waals surface area (Å²) in [7, 11) is 2.08. The highest BCUT2D eigenvalue weighted by molar-refractivity contribution is 6.13. The van der Waals surface area contributed by atoms with Crippen molar-refractivity contribution < 1.29 is 8.83 Å². The lowest BCUT2D eigenvalue weighted by atomic mass is 9.97. The second-order valence-corrected chi connectivity index (χ2v) is 11.3. The van der Waals surface area contributed by atoms with Gasteiger partial charge < -0.3 is 18.0 Å². The molecule has 9 aromatic rings. The smallest absolute Gasteiger partial charge is 0.141 e. The molecule has 214 valence electrons. The van der Waals surface area contributed by atoms with Crippen molar-refractivity contribution in [1.82, 2.24) is 19.1 Å². The summed E-state index contributed by atoms with van der Waals surface area (Å²) in [4.78, 5) is 9.74. The maximum Gasteiger partial charge on any atom is 0.141 e. The normalized spacial score (nSPS) is 11.7. The van der Waals surface area contributed by atoms with Gasteiger partial charge in [-0.2, -0.15) is 0 Å². The summed E-state index contributed by atoms with van der Waals surface area (Å²) in [6, 6.07) is 38.1. The van der Waals surface area contributed by atoms with E-state index in [0.717, 1.165) is 83.4 Å². The van der Waals surface area contributed by atoms with Gasteiger partial charge in [0, 0.05) is 52.0 Å². The molecule has 0 aliphatic carbocycles. The Balaban J connectivity index is 1.39. The molecule has 0 atom stereocenters. The Hall–Kier alpha value is -6.14. The summed E-state index contributed by atoms with van der Waals surface area (Å²) in [5.41, 5.74) is 12.5. The van der Waals surface area contributed by atoms with E-state index in [1.165, 1.54) is 0 Å². The molecule has 5 aromatic heterocycles. The van der Waals surface area contributed by atoms with E-state index in [4.69, 9.17) is 13.8 Å². The lowest BCUT2D eigenvalue weighted by Gasteiger charge is -2.13. The van der Waals surface area contributed by atoms with Crippen LogP contribution in [-0.2, 0) is 7.05 Å². The number of rotatable bonds is 5. The third kappa shape index (κ3) is 4.03. The number of hydrogen-bond donors (Lipinski definition) is 0. The number of fused-ring (bicyclic) bond motifs is 4. The molecule has 0 bridgehead atoms. The Kier molecular flexibility index (Phi) is 5.62. The zero-order valence-electron chi connectivity index (χ0n) is 24.4. The van der Waals surface area contributed by atoms with E-state index in [9.17, 15) is 0 Å². The van der Waals surface area contributed by atoms with Crippen LogP contribution in [0.15, 0.2) is 149 Å². The number of imidazole rings is 1. The van der Waals surface area contributed by atoms with Crippen LogP contribution in [0.1, 0.15) is 0 Å². The number of benzene rings is 4. The van der Waals surface area contributed by atoms with Gasteiger partial charge in [0.2, 0.25) is 0 Å². The van der Waals surface area contributed by atoms with Gasteiger partial charge in [-0.15, -0.1) is 0 Å². The van der Waals surface area contributed by atoms with Crippen LogP contribution in [0.2, 0.25) is 0 Å². The molecule has 5 heterocycles. The lowest BCUT2D eigenvalue weighted by molar-refractivity contribution is 0.568. The molecule has 0 radical (unpaired) electrons. The first-order valence-electron chi connectivity index (χ1n) is 14.8. The van der Waals surface area contributed by atoms with Gasteiger partial charge in [0.15, 0.2) is 0 Å². The maximum atomic E-state index is 5.60. The highest BCUT2D eigenvalue weighted by Gasteiger charge is 2.21. The molecule has 0 spiro atoms. The molecule has 0 N–H and O–H groups in total. The number of aryl methyl sites for hydroxylation is 1. The fourth-order valence-corrected chi connectivity index (χ4v) is 6.52. The Morgan fingerprint density at radius 1 is 0.578 bits per heavy atom. The van der Waals surface area contributed by atoms with Gasteiger partial charge in [-0.05, 0) is 83.9 Å². The summed E-state index contributed by atoms with van der Waals surface area (Å²) < 4.78 is 15.6. The average Bonchev–Trinajstić information content (AvgIpc) is 3.91. The van der Waals surface area contributed by atoms with Gasteiger partial charge in [-0.25, -0.2) is 4.98 Å². The monoisotopic (exact) mass is 582 g/mol. The van der Waals surface area contributed by atoms with Crippen molar-refractivity contribution in [3.8, 4) is 50.6 Å².